The van der Waals surface area contributed by atoms with Crippen molar-refractivity contribution in [2.45, 2.75) is 63.9 Å². The highest BCUT2D eigenvalue weighted by Crippen LogP contribution is 2.31. The van der Waals surface area contributed by atoms with Gasteiger partial charge in [0.15, 0.2) is 0 Å². The Morgan fingerprint density at radius 2 is 1.61 bits per heavy atom. The van der Waals surface area contributed by atoms with Gasteiger partial charge in [0.25, 0.3) is 0 Å². The molecule has 0 radical (unpaired) electrons. The topological polar surface area (TPSA) is 33.1 Å². The minimum atomic E-state index is -0.203. The fourth-order valence-corrected chi connectivity index (χ4v) is 3.10. The van der Waals surface area contributed by atoms with Gasteiger partial charge in [-0.1, -0.05) is 39.0 Å². The maximum atomic E-state index is 10.6. The van der Waals surface area contributed by atoms with E-state index in [0.717, 1.165) is 0 Å². The molecule has 2 heteroatoms. The zero-order valence-corrected chi connectivity index (χ0v) is 11.4. The number of nitrogens with zero attached hydrogens (tertiary/aromatic N) is 1. The monoisotopic (exact) mass is 247 g/mol. The van der Waals surface area contributed by atoms with E-state index >= 15 is 0 Å². The van der Waals surface area contributed by atoms with Crippen LogP contribution in [0.3, 0.4) is 0 Å². The van der Waals surface area contributed by atoms with Crippen molar-refractivity contribution in [3.63, 3.8) is 0 Å². The third kappa shape index (κ3) is 3.55. The fraction of sp³-hybridized carbons (Fsp3) is 0.688. The molecule has 0 spiro atoms. The Kier molecular flexibility index (Phi) is 5.18. The summed E-state index contributed by atoms with van der Waals surface area (Å²) in [6.07, 6.45) is 12.4. The molecule has 2 unspecified atom stereocenters. The van der Waals surface area contributed by atoms with E-state index in [4.69, 9.17) is 0 Å². The molecule has 100 valence electrons. The molecule has 1 saturated carbocycles. The van der Waals surface area contributed by atoms with E-state index in [0.29, 0.717) is 5.92 Å². The van der Waals surface area contributed by atoms with Crippen molar-refractivity contribution >= 4 is 0 Å². The van der Waals surface area contributed by atoms with Crippen LogP contribution < -0.4 is 0 Å². The van der Waals surface area contributed by atoms with Gasteiger partial charge < -0.3 is 5.11 Å². The molecule has 1 fully saturated rings. The predicted molar refractivity (Wildman–Crippen MR) is 74.5 cm³/mol. The van der Waals surface area contributed by atoms with E-state index in [2.05, 4.69) is 11.9 Å². The van der Waals surface area contributed by atoms with Crippen LogP contribution in [0.2, 0.25) is 0 Å². The molecule has 1 N–H and O–H groups in total. The van der Waals surface area contributed by atoms with E-state index in [1.807, 2.05) is 24.5 Å². The molecule has 0 saturated heterocycles. The lowest BCUT2D eigenvalue weighted by atomic mass is 9.80. The summed E-state index contributed by atoms with van der Waals surface area (Å²) in [6, 6.07) is 4.05. The average molecular weight is 247 g/mol. The predicted octanol–water partition coefficient (Wildman–Crippen LogP) is 3.91. The second-order valence-electron chi connectivity index (χ2n) is 5.67. The minimum absolute atomic E-state index is 0.203. The number of hydrogen-bond donors (Lipinski definition) is 1. The molecule has 0 aliphatic heterocycles. The normalized spacial score (nSPS) is 21.9. The second-order valence-corrected chi connectivity index (χ2v) is 5.67. The van der Waals surface area contributed by atoms with Crippen LogP contribution >= 0.6 is 0 Å². The Morgan fingerprint density at radius 3 is 2.22 bits per heavy atom. The molecule has 1 aliphatic carbocycles. The summed E-state index contributed by atoms with van der Waals surface area (Å²) < 4.78 is 0. The van der Waals surface area contributed by atoms with Crippen molar-refractivity contribution in [2.24, 2.45) is 5.92 Å². The summed E-state index contributed by atoms with van der Waals surface area (Å²) in [5.74, 6) is 0.700. The SMILES string of the molecule is CC(c1ccncc1)C(O)C1CCCCCCC1. The van der Waals surface area contributed by atoms with Gasteiger partial charge in [-0.25, -0.2) is 0 Å². The molecule has 18 heavy (non-hydrogen) atoms. The van der Waals surface area contributed by atoms with Gasteiger partial charge in [-0.2, -0.15) is 0 Å². The molecule has 1 aromatic rings. The molecule has 2 nitrogen and oxygen atoms in total. The lowest BCUT2D eigenvalue weighted by molar-refractivity contribution is 0.0708. The maximum absolute atomic E-state index is 10.6. The third-order valence-corrected chi connectivity index (χ3v) is 4.38. The zero-order valence-electron chi connectivity index (χ0n) is 11.4. The number of aromatic nitrogens is 1. The third-order valence-electron chi connectivity index (χ3n) is 4.38. The molecule has 2 rings (SSSR count). The highest BCUT2D eigenvalue weighted by atomic mass is 16.3. The van der Waals surface area contributed by atoms with Crippen LogP contribution in [-0.2, 0) is 0 Å². The largest absolute Gasteiger partial charge is 0.392 e. The smallest absolute Gasteiger partial charge is 0.0634 e. The van der Waals surface area contributed by atoms with Gasteiger partial charge in [-0.3, -0.25) is 4.98 Å². The first-order valence-corrected chi connectivity index (χ1v) is 7.37. The van der Waals surface area contributed by atoms with Crippen LogP contribution in [-0.4, -0.2) is 16.2 Å². The summed E-state index contributed by atoms with van der Waals surface area (Å²) in [5, 5.41) is 10.6. The summed E-state index contributed by atoms with van der Waals surface area (Å²) in [4.78, 5) is 4.05. The minimum Gasteiger partial charge on any atom is -0.392 e. The molecule has 1 heterocycles. The van der Waals surface area contributed by atoms with Crippen LogP contribution in [0.5, 0.6) is 0 Å². The molecule has 0 bridgehead atoms. The van der Waals surface area contributed by atoms with Crippen LogP contribution in [0.4, 0.5) is 0 Å². The first kappa shape index (κ1) is 13.5. The lowest BCUT2D eigenvalue weighted by Crippen LogP contribution is -2.27. The van der Waals surface area contributed by atoms with Gasteiger partial charge in [-0.05, 0) is 36.5 Å². The van der Waals surface area contributed by atoms with Crippen molar-refractivity contribution in [3.05, 3.63) is 30.1 Å². The van der Waals surface area contributed by atoms with Crippen LogP contribution in [0.1, 0.15) is 63.4 Å². The quantitative estimate of drug-likeness (QED) is 0.878. The summed E-state index contributed by atoms with van der Waals surface area (Å²) in [6.45, 7) is 2.14. The highest BCUT2D eigenvalue weighted by molar-refractivity contribution is 5.16. The van der Waals surface area contributed by atoms with Gasteiger partial charge in [0, 0.05) is 18.3 Å². The Balaban J connectivity index is 1.98. The average Bonchev–Trinajstić information content (AvgIpc) is 2.38. The summed E-state index contributed by atoms with van der Waals surface area (Å²) >= 11 is 0. The van der Waals surface area contributed by atoms with Crippen LogP contribution in [0.25, 0.3) is 0 Å². The standard InChI is InChI=1S/C16H25NO/c1-13(14-9-11-17-12-10-14)16(18)15-7-5-3-2-4-6-8-15/h9-13,15-16,18H,2-8H2,1H3. The van der Waals surface area contributed by atoms with E-state index in [-0.39, 0.29) is 12.0 Å². The number of aliphatic hydroxyl groups is 1. The number of pyridine rings is 1. The van der Waals surface area contributed by atoms with Crippen LogP contribution in [0, 0.1) is 5.92 Å². The zero-order chi connectivity index (χ0) is 12.8. The summed E-state index contributed by atoms with van der Waals surface area (Å²) in [5.41, 5.74) is 1.21. The maximum Gasteiger partial charge on any atom is 0.0634 e. The van der Waals surface area contributed by atoms with Crippen molar-refractivity contribution in [1.82, 2.24) is 4.98 Å². The van der Waals surface area contributed by atoms with Crippen molar-refractivity contribution in [1.29, 1.82) is 0 Å². The lowest BCUT2D eigenvalue weighted by Gasteiger charge is -2.29. The van der Waals surface area contributed by atoms with E-state index in [9.17, 15) is 5.11 Å². The van der Waals surface area contributed by atoms with Gasteiger partial charge in [-0.15, -0.1) is 0 Å². The highest BCUT2D eigenvalue weighted by Gasteiger charge is 2.25. The number of rotatable bonds is 3. The second kappa shape index (κ2) is 6.89. The first-order valence-electron chi connectivity index (χ1n) is 7.37. The van der Waals surface area contributed by atoms with Crippen molar-refractivity contribution in [2.75, 3.05) is 0 Å². The molecule has 1 aromatic heterocycles. The Bertz CT molecular complexity index is 330. The van der Waals surface area contributed by atoms with Gasteiger partial charge in [0.2, 0.25) is 0 Å². The Labute approximate surface area is 110 Å². The van der Waals surface area contributed by atoms with E-state index in [1.54, 1.807) is 0 Å². The van der Waals surface area contributed by atoms with Gasteiger partial charge in [0.1, 0.15) is 0 Å². The molecule has 2 atom stereocenters. The first-order chi connectivity index (χ1) is 8.79. The Hall–Kier alpha value is -0.890. The van der Waals surface area contributed by atoms with E-state index < -0.39 is 0 Å². The van der Waals surface area contributed by atoms with E-state index in [1.165, 1.54) is 50.5 Å². The molecular weight excluding hydrogens is 222 g/mol. The molecular formula is C16H25NO. The molecule has 1 aliphatic rings. The van der Waals surface area contributed by atoms with Gasteiger partial charge >= 0.3 is 0 Å². The summed E-state index contributed by atoms with van der Waals surface area (Å²) in [7, 11) is 0. The number of hydrogen-bond acceptors (Lipinski definition) is 2. The van der Waals surface area contributed by atoms with Crippen LogP contribution in [0.15, 0.2) is 24.5 Å². The molecule has 0 amide bonds. The fourth-order valence-electron chi connectivity index (χ4n) is 3.10. The molecule has 0 aromatic carbocycles. The van der Waals surface area contributed by atoms with Gasteiger partial charge in [0.05, 0.1) is 6.10 Å². The van der Waals surface area contributed by atoms with Crippen molar-refractivity contribution in [3.8, 4) is 0 Å². The number of aliphatic hydroxyl groups excluding tert-OH is 1. The Morgan fingerprint density at radius 1 is 1.06 bits per heavy atom. The van der Waals surface area contributed by atoms with Crippen molar-refractivity contribution < 1.29 is 5.11 Å².